The van der Waals surface area contributed by atoms with Crippen molar-refractivity contribution >= 4 is 11.8 Å². The largest absolute Gasteiger partial charge is 0.466 e. The van der Waals surface area contributed by atoms with Crippen molar-refractivity contribution in [2.75, 3.05) is 26.2 Å². The van der Waals surface area contributed by atoms with Gasteiger partial charge in [-0.2, -0.15) is 10.5 Å². The lowest BCUT2D eigenvalue weighted by atomic mass is 10.2. The number of nitriles is 2. The first-order valence-electron chi connectivity index (χ1n) is 5.27. The molecule has 0 fully saturated rings. The summed E-state index contributed by atoms with van der Waals surface area (Å²) in [4.78, 5) is 23.9. The summed E-state index contributed by atoms with van der Waals surface area (Å²) in [5.41, 5.74) is 0. The molecule has 0 heterocycles. The quantitative estimate of drug-likeness (QED) is 0.443. The zero-order valence-electron chi connectivity index (χ0n) is 9.81. The van der Waals surface area contributed by atoms with Crippen molar-refractivity contribution in [2.24, 2.45) is 0 Å². The first kappa shape index (κ1) is 15.1. The number of nitrogens with zero attached hydrogens (tertiary/aromatic N) is 3. The van der Waals surface area contributed by atoms with E-state index in [-0.39, 0.29) is 38.3 Å². The Morgan fingerprint density at radius 2 is 1.76 bits per heavy atom. The molecule has 0 aliphatic rings. The normalized spacial score (nSPS) is 9.41. The summed E-state index contributed by atoms with van der Waals surface area (Å²) in [5, 5.41) is 17.0. The SMILES string of the molecule is CCOC(=O)CCC(=O)CN(CC#N)CC#N. The highest BCUT2D eigenvalue weighted by Gasteiger charge is 2.12. The number of ether oxygens (including phenoxy) is 1. The molecule has 0 aliphatic carbocycles. The van der Waals surface area contributed by atoms with E-state index < -0.39 is 5.97 Å². The van der Waals surface area contributed by atoms with E-state index in [1.165, 1.54) is 4.90 Å². The molecule has 6 nitrogen and oxygen atoms in total. The molecular formula is C11H15N3O3. The van der Waals surface area contributed by atoms with Crippen LogP contribution < -0.4 is 0 Å². The van der Waals surface area contributed by atoms with Gasteiger partial charge in [0.2, 0.25) is 0 Å². The third-order valence-corrected chi connectivity index (χ3v) is 1.90. The maximum Gasteiger partial charge on any atom is 0.306 e. The van der Waals surface area contributed by atoms with Gasteiger partial charge in [-0.15, -0.1) is 0 Å². The van der Waals surface area contributed by atoms with Crippen LogP contribution in [0.2, 0.25) is 0 Å². The summed E-state index contributed by atoms with van der Waals surface area (Å²) in [7, 11) is 0. The number of rotatable bonds is 8. The second-order valence-corrected chi connectivity index (χ2v) is 3.31. The Kier molecular flexibility index (Phi) is 8.26. The molecule has 0 rings (SSSR count). The third-order valence-electron chi connectivity index (χ3n) is 1.90. The molecule has 0 unspecified atom stereocenters. The van der Waals surface area contributed by atoms with Gasteiger partial charge < -0.3 is 4.74 Å². The van der Waals surface area contributed by atoms with E-state index in [1.807, 2.05) is 12.1 Å². The molecule has 0 radical (unpaired) electrons. The van der Waals surface area contributed by atoms with Gasteiger partial charge in [0.1, 0.15) is 5.78 Å². The molecule has 0 N–H and O–H groups in total. The number of esters is 1. The highest BCUT2D eigenvalue weighted by molar-refractivity contribution is 5.84. The lowest BCUT2D eigenvalue weighted by molar-refractivity contribution is -0.144. The van der Waals surface area contributed by atoms with Crippen molar-refractivity contribution in [1.29, 1.82) is 10.5 Å². The average Bonchev–Trinajstić information content (AvgIpc) is 2.27. The minimum Gasteiger partial charge on any atom is -0.466 e. The van der Waals surface area contributed by atoms with E-state index >= 15 is 0 Å². The maximum absolute atomic E-state index is 11.4. The average molecular weight is 237 g/mol. The number of hydrogen-bond acceptors (Lipinski definition) is 6. The van der Waals surface area contributed by atoms with Gasteiger partial charge in [0.05, 0.1) is 44.8 Å². The topological polar surface area (TPSA) is 94.2 Å². The Hall–Kier alpha value is -1.92. The number of carbonyl (C=O) groups excluding carboxylic acids is 2. The van der Waals surface area contributed by atoms with Crippen molar-refractivity contribution < 1.29 is 14.3 Å². The first-order chi connectivity index (χ1) is 8.13. The Bertz CT molecular complexity index is 325. The molecular weight excluding hydrogens is 222 g/mol. The van der Waals surface area contributed by atoms with Crippen LogP contribution >= 0.6 is 0 Å². The van der Waals surface area contributed by atoms with Crippen LogP contribution in [0.5, 0.6) is 0 Å². The van der Waals surface area contributed by atoms with Crippen LogP contribution in [-0.2, 0) is 14.3 Å². The van der Waals surface area contributed by atoms with E-state index in [0.29, 0.717) is 6.61 Å². The maximum atomic E-state index is 11.4. The Balaban J connectivity index is 3.95. The van der Waals surface area contributed by atoms with Crippen LogP contribution in [0.15, 0.2) is 0 Å². The first-order valence-corrected chi connectivity index (χ1v) is 5.27. The number of carbonyl (C=O) groups is 2. The van der Waals surface area contributed by atoms with Gasteiger partial charge in [0.15, 0.2) is 0 Å². The summed E-state index contributed by atoms with van der Waals surface area (Å²) in [6.45, 7) is 2.06. The smallest absolute Gasteiger partial charge is 0.306 e. The summed E-state index contributed by atoms with van der Waals surface area (Å²) in [6.07, 6.45) is 0.117. The van der Waals surface area contributed by atoms with Gasteiger partial charge in [-0.1, -0.05) is 0 Å². The Labute approximate surface area is 100 Å². The van der Waals surface area contributed by atoms with Crippen molar-refractivity contribution in [3.8, 4) is 12.1 Å². The van der Waals surface area contributed by atoms with Gasteiger partial charge in [-0.3, -0.25) is 14.5 Å². The fraction of sp³-hybridized carbons (Fsp3) is 0.636. The number of Topliss-reactive ketones (excluding diaryl/α,β-unsaturated/α-hetero) is 1. The molecule has 92 valence electrons. The van der Waals surface area contributed by atoms with E-state index in [4.69, 9.17) is 10.5 Å². The Morgan fingerprint density at radius 3 is 2.24 bits per heavy atom. The van der Waals surface area contributed by atoms with Gasteiger partial charge >= 0.3 is 5.97 Å². The van der Waals surface area contributed by atoms with Crippen molar-refractivity contribution in [1.82, 2.24) is 4.90 Å². The zero-order valence-corrected chi connectivity index (χ0v) is 9.81. The molecule has 17 heavy (non-hydrogen) atoms. The molecule has 0 atom stereocenters. The molecule has 0 aromatic carbocycles. The van der Waals surface area contributed by atoms with Crippen LogP contribution in [-0.4, -0.2) is 42.9 Å². The second-order valence-electron chi connectivity index (χ2n) is 3.31. The lowest BCUT2D eigenvalue weighted by Crippen LogP contribution is -2.30. The van der Waals surface area contributed by atoms with E-state index in [0.717, 1.165) is 0 Å². The van der Waals surface area contributed by atoms with Gasteiger partial charge in [0.25, 0.3) is 0 Å². The minimum atomic E-state index is -0.409. The molecule has 0 aliphatic heterocycles. The molecule has 0 spiro atoms. The van der Waals surface area contributed by atoms with Gasteiger partial charge in [0, 0.05) is 6.42 Å². The van der Waals surface area contributed by atoms with Crippen molar-refractivity contribution in [3.05, 3.63) is 0 Å². The predicted molar refractivity (Wildman–Crippen MR) is 58.5 cm³/mol. The predicted octanol–water partition coefficient (Wildman–Crippen LogP) is 0.248. The van der Waals surface area contributed by atoms with E-state index in [2.05, 4.69) is 4.74 Å². The fourth-order valence-electron chi connectivity index (χ4n) is 1.17. The highest BCUT2D eigenvalue weighted by atomic mass is 16.5. The summed E-state index contributed by atoms with van der Waals surface area (Å²) in [5.74, 6) is -0.587. The van der Waals surface area contributed by atoms with E-state index in [1.54, 1.807) is 6.92 Å². The monoisotopic (exact) mass is 237 g/mol. The second kappa shape index (κ2) is 9.32. The van der Waals surface area contributed by atoms with Crippen molar-refractivity contribution in [2.45, 2.75) is 19.8 Å². The number of hydrogen-bond donors (Lipinski definition) is 0. The summed E-state index contributed by atoms with van der Waals surface area (Å²) >= 11 is 0. The molecule has 0 bridgehead atoms. The molecule has 0 amide bonds. The molecule has 0 saturated heterocycles. The minimum absolute atomic E-state index is 0.0144. The van der Waals surface area contributed by atoms with E-state index in [9.17, 15) is 9.59 Å². The fourth-order valence-corrected chi connectivity index (χ4v) is 1.17. The Morgan fingerprint density at radius 1 is 1.18 bits per heavy atom. The van der Waals surface area contributed by atoms with Gasteiger partial charge in [-0.25, -0.2) is 0 Å². The van der Waals surface area contributed by atoms with Crippen LogP contribution in [0.1, 0.15) is 19.8 Å². The molecule has 0 aromatic rings. The van der Waals surface area contributed by atoms with Crippen LogP contribution in [0.25, 0.3) is 0 Å². The summed E-state index contributed by atoms with van der Waals surface area (Å²) < 4.78 is 4.68. The zero-order chi connectivity index (χ0) is 13.1. The van der Waals surface area contributed by atoms with Crippen LogP contribution in [0.3, 0.4) is 0 Å². The lowest BCUT2D eigenvalue weighted by Gasteiger charge is -2.13. The molecule has 6 heteroatoms. The van der Waals surface area contributed by atoms with Crippen LogP contribution in [0, 0.1) is 22.7 Å². The molecule has 0 saturated carbocycles. The van der Waals surface area contributed by atoms with Crippen LogP contribution in [0.4, 0.5) is 0 Å². The molecule has 0 aromatic heterocycles. The standard InChI is InChI=1S/C11H15N3O3/c1-2-17-11(16)4-3-10(15)9-14(7-5-12)8-6-13/h2-4,7-9H2,1H3. The third kappa shape index (κ3) is 7.95. The highest BCUT2D eigenvalue weighted by Crippen LogP contribution is 1.97. The van der Waals surface area contributed by atoms with Gasteiger partial charge in [-0.05, 0) is 6.92 Å². The van der Waals surface area contributed by atoms with Crippen molar-refractivity contribution in [3.63, 3.8) is 0 Å². The number of ketones is 1. The summed E-state index contributed by atoms with van der Waals surface area (Å²) in [6, 6.07) is 3.75.